The third kappa shape index (κ3) is 0.715. The van der Waals surface area contributed by atoms with E-state index in [-0.39, 0.29) is 0 Å². The van der Waals surface area contributed by atoms with E-state index in [9.17, 15) is 0 Å². The molecule has 0 unspecified atom stereocenters. The van der Waals surface area contributed by atoms with Crippen LogP contribution in [-0.4, -0.2) is 4.98 Å². The highest BCUT2D eigenvalue weighted by Gasteiger charge is 1.89. The van der Waals surface area contributed by atoms with Gasteiger partial charge in [0, 0.05) is 17.0 Å². The van der Waals surface area contributed by atoms with E-state index in [4.69, 9.17) is 0 Å². The van der Waals surface area contributed by atoms with E-state index in [2.05, 4.69) is 16.6 Å². The monoisotopic (exact) mass is 134 g/mol. The standard InChI is InChI=1S/C7H4NS/c1-2-8-3-7-5-9-4-6(1)7/h1-2,4-5H. The van der Waals surface area contributed by atoms with E-state index in [1.165, 1.54) is 5.39 Å². The Hall–Kier alpha value is -0.890. The van der Waals surface area contributed by atoms with Crippen LogP contribution in [0.2, 0.25) is 0 Å². The van der Waals surface area contributed by atoms with Gasteiger partial charge < -0.3 is 0 Å². The van der Waals surface area contributed by atoms with Crippen LogP contribution in [0.3, 0.4) is 0 Å². The largest absolute Gasteiger partial charge is 0.254 e. The summed E-state index contributed by atoms with van der Waals surface area (Å²) in [5, 5.41) is 6.48. The summed E-state index contributed by atoms with van der Waals surface area (Å²) in [5.41, 5.74) is 0. The Labute approximate surface area is 57.0 Å². The lowest BCUT2D eigenvalue weighted by molar-refractivity contribution is 1.35. The molecule has 2 heteroatoms. The highest BCUT2D eigenvalue weighted by molar-refractivity contribution is 7.09. The Bertz CT molecular complexity index is 283. The first-order chi connectivity index (χ1) is 4.47. The summed E-state index contributed by atoms with van der Waals surface area (Å²) < 4.78 is 0. The van der Waals surface area contributed by atoms with Gasteiger partial charge in [0.15, 0.2) is 0 Å². The van der Waals surface area contributed by atoms with Crippen molar-refractivity contribution in [1.82, 2.24) is 4.98 Å². The molecule has 2 heterocycles. The lowest BCUT2D eigenvalue weighted by atomic mass is 10.3. The highest BCUT2D eigenvalue weighted by Crippen LogP contribution is 2.15. The Morgan fingerprint density at radius 2 is 2.44 bits per heavy atom. The van der Waals surface area contributed by atoms with Gasteiger partial charge in [-0.25, -0.2) is 0 Å². The molecule has 9 heavy (non-hydrogen) atoms. The number of nitrogens with zero attached hydrogens (tertiary/aromatic N) is 1. The maximum Gasteiger partial charge on any atom is 0.0979 e. The molecular formula is C7H4NS. The van der Waals surface area contributed by atoms with Gasteiger partial charge >= 0.3 is 0 Å². The van der Waals surface area contributed by atoms with Gasteiger partial charge in [-0.1, -0.05) is 0 Å². The number of hydrogen-bond donors (Lipinski definition) is 0. The van der Waals surface area contributed by atoms with Crippen molar-refractivity contribution in [3.05, 3.63) is 29.2 Å². The number of rotatable bonds is 0. The lowest BCUT2D eigenvalue weighted by Gasteiger charge is -1.80. The molecule has 0 saturated carbocycles. The second-order valence-corrected chi connectivity index (χ2v) is 2.54. The van der Waals surface area contributed by atoms with Crippen LogP contribution in [0.15, 0.2) is 23.0 Å². The summed E-state index contributed by atoms with van der Waals surface area (Å²) in [7, 11) is 0. The van der Waals surface area contributed by atoms with Crippen LogP contribution in [-0.2, 0) is 0 Å². The summed E-state index contributed by atoms with van der Waals surface area (Å²) in [6.45, 7) is 0. The summed E-state index contributed by atoms with van der Waals surface area (Å²) in [4.78, 5) is 3.87. The van der Waals surface area contributed by atoms with Crippen molar-refractivity contribution in [3.63, 3.8) is 0 Å². The fourth-order valence-electron chi connectivity index (χ4n) is 0.751. The minimum atomic E-state index is 1.11. The average molecular weight is 134 g/mol. The molecule has 1 radical (unpaired) electrons. The summed E-state index contributed by atoms with van der Waals surface area (Å²) in [6.07, 6.45) is 4.65. The minimum Gasteiger partial charge on any atom is -0.254 e. The third-order valence-electron chi connectivity index (χ3n) is 1.21. The van der Waals surface area contributed by atoms with Crippen molar-refractivity contribution < 1.29 is 0 Å². The first-order valence-corrected chi connectivity index (χ1v) is 3.60. The van der Waals surface area contributed by atoms with E-state index in [1.54, 1.807) is 17.5 Å². The van der Waals surface area contributed by atoms with Crippen molar-refractivity contribution >= 4 is 22.1 Å². The molecule has 0 fully saturated rings. The number of thiophene rings is 1. The van der Waals surface area contributed by atoms with Crippen molar-refractivity contribution in [2.45, 2.75) is 0 Å². The number of fused-ring (bicyclic) bond motifs is 1. The fraction of sp³-hybridized carbons (Fsp3) is 0. The molecule has 1 nitrogen and oxygen atoms in total. The fourth-order valence-corrected chi connectivity index (χ4v) is 1.50. The maximum absolute atomic E-state index is 3.87. The average Bonchev–Trinajstić information content (AvgIpc) is 2.33. The molecule has 2 aromatic heterocycles. The smallest absolute Gasteiger partial charge is 0.0979 e. The molecule has 0 amide bonds. The number of aromatic nitrogens is 1. The van der Waals surface area contributed by atoms with Crippen LogP contribution in [0, 0.1) is 6.20 Å². The molecule has 0 atom stereocenters. The summed E-state index contributed by atoms with van der Waals surface area (Å²) >= 11 is 1.68. The molecule has 0 spiro atoms. The Kier molecular flexibility index (Phi) is 0.993. The molecule has 0 N–H and O–H groups in total. The van der Waals surface area contributed by atoms with Crippen molar-refractivity contribution in [1.29, 1.82) is 0 Å². The summed E-state index contributed by atoms with van der Waals surface area (Å²) in [5.74, 6) is 0. The zero-order valence-electron chi connectivity index (χ0n) is 4.66. The van der Waals surface area contributed by atoms with Gasteiger partial charge in [-0.15, -0.1) is 0 Å². The van der Waals surface area contributed by atoms with Crippen LogP contribution < -0.4 is 0 Å². The molecule has 2 rings (SSSR count). The zero-order chi connectivity index (χ0) is 6.10. The highest BCUT2D eigenvalue weighted by atomic mass is 32.1. The van der Waals surface area contributed by atoms with Crippen LogP contribution in [0.4, 0.5) is 0 Å². The Balaban J connectivity index is 2.95. The van der Waals surface area contributed by atoms with Crippen LogP contribution in [0.25, 0.3) is 10.8 Å². The molecule has 0 aliphatic rings. The SMILES string of the molecule is [c]1nccc2cscc12. The van der Waals surface area contributed by atoms with Crippen LogP contribution >= 0.6 is 11.3 Å². The van der Waals surface area contributed by atoms with Crippen LogP contribution in [0.5, 0.6) is 0 Å². The lowest BCUT2D eigenvalue weighted by Crippen LogP contribution is -1.66. The van der Waals surface area contributed by atoms with Gasteiger partial charge in [0.2, 0.25) is 0 Å². The quantitative estimate of drug-likeness (QED) is 0.537. The normalized spacial score (nSPS) is 10.2. The van der Waals surface area contributed by atoms with Crippen LogP contribution in [0.1, 0.15) is 0 Å². The third-order valence-corrected chi connectivity index (χ3v) is 1.97. The predicted molar refractivity (Wildman–Crippen MR) is 38.5 cm³/mol. The molecule has 0 saturated heterocycles. The summed E-state index contributed by atoms with van der Waals surface area (Å²) in [6, 6.07) is 1.99. The zero-order valence-corrected chi connectivity index (χ0v) is 5.48. The van der Waals surface area contributed by atoms with Gasteiger partial charge in [-0.2, -0.15) is 11.3 Å². The van der Waals surface area contributed by atoms with E-state index in [1.807, 2.05) is 11.4 Å². The van der Waals surface area contributed by atoms with Gasteiger partial charge in [0.05, 0.1) is 6.20 Å². The Morgan fingerprint density at radius 1 is 1.44 bits per heavy atom. The number of hydrogen-bond acceptors (Lipinski definition) is 2. The molecule has 0 aromatic carbocycles. The number of pyridine rings is 1. The molecule has 0 aliphatic carbocycles. The van der Waals surface area contributed by atoms with E-state index >= 15 is 0 Å². The maximum atomic E-state index is 3.87. The predicted octanol–water partition coefficient (Wildman–Crippen LogP) is 2.10. The van der Waals surface area contributed by atoms with Gasteiger partial charge in [-0.05, 0) is 16.8 Å². The topological polar surface area (TPSA) is 12.9 Å². The van der Waals surface area contributed by atoms with Crippen molar-refractivity contribution in [2.24, 2.45) is 0 Å². The molecule has 0 bridgehead atoms. The van der Waals surface area contributed by atoms with Crippen molar-refractivity contribution in [2.75, 3.05) is 0 Å². The second kappa shape index (κ2) is 1.81. The Morgan fingerprint density at radius 3 is 3.33 bits per heavy atom. The van der Waals surface area contributed by atoms with E-state index in [0.29, 0.717) is 0 Å². The first kappa shape index (κ1) is 4.94. The minimum absolute atomic E-state index is 1.11. The van der Waals surface area contributed by atoms with Gasteiger partial charge in [0.1, 0.15) is 0 Å². The first-order valence-electron chi connectivity index (χ1n) is 2.65. The van der Waals surface area contributed by atoms with E-state index in [0.717, 1.165) is 5.39 Å². The van der Waals surface area contributed by atoms with Crippen molar-refractivity contribution in [3.8, 4) is 0 Å². The van der Waals surface area contributed by atoms with Gasteiger partial charge in [0.25, 0.3) is 0 Å². The van der Waals surface area contributed by atoms with Gasteiger partial charge in [-0.3, -0.25) is 4.98 Å². The molecule has 2 aromatic rings. The van der Waals surface area contributed by atoms with E-state index < -0.39 is 0 Å². The molecule has 0 aliphatic heterocycles. The molecule has 43 valence electrons. The second-order valence-electron chi connectivity index (χ2n) is 1.80. The molecular weight excluding hydrogens is 130 g/mol.